The van der Waals surface area contributed by atoms with Crippen LogP contribution in [0, 0.1) is 0 Å². The molecule has 118 valence electrons. The van der Waals surface area contributed by atoms with Crippen molar-refractivity contribution in [2.45, 2.75) is 30.4 Å². The van der Waals surface area contributed by atoms with E-state index in [1.807, 2.05) is 0 Å². The molecule has 0 atom stereocenters. The predicted molar refractivity (Wildman–Crippen MR) is 77.7 cm³/mol. The van der Waals surface area contributed by atoms with Gasteiger partial charge in [-0.05, 0) is 31.0 Å². The Morgan fingerprint density at radius 1 is 1.38 bits per heavy atom. The van der Waals surface area contributed by atoms with Gasteiger partial charge in [-0.15, -0.1) is 0 Å². The van der Waals surface area contributed by atoms with Gasteiger partial charge in [-0.1, -0.05) is 0 Å². The van der Waals surface area contributed by atoms with Crippen LogP contribution in [0.3, 0.4) is 0 Å². The highest BCUT2D eigenvalue weighted by Gasteiger charge is 2.29. The predicted octanol–water partition coefficient (Wildman–Crippen LogP) is 0.987. The monoisotopic (exact) mass is 315 g/mol. The van der Waals surface area contributed by atoms with Crippen LogP contribution in [-0.2, 0) is 21.4 Å². The number of nitrogens with zero attached hydrogens (tertiary/aromatic N) is 1. The van der Waals surface area contributed by atoms with Gasteiger partial charge in [0.15, 0.2) is 0 Å². The lowest BCUT2D eigenvalue weighted by Gasteiger charge is -2.30. The molecule has 1 aromatic rings. The zero-order valence-corrected chi connectivity index (χ0v) is 13.1. The van der Waals surface area contributed by atoms with E-state index in [-0.39, 0.29) is 17.5 Å². The van der Waals surface area contributed by atoms with Gasteiger partial charge in [-0.3, -0.25) is 0 Å². The van der Waals surface area contributed by atoms with Crippen molar-refractivity contribution in [3.05, 3.63) is 23.8 Å². The molecule has 2 rings (SSSR count). The summed E-state index contributed by atoms with van der Waals surface area (Å²) in [5.74, 6) is 0.477. The van der Waals surface area contributed by atoms with Gasteiger partial charge in [0.25, 0.3) is 0 Å². The highest BCUT2D eigenvalue weighted by Crippen LogP contribution is 2.26. The Morgan fingerprint density at radius 3 is 2.62 bits per heavy atom. The largest absolute Gasteiger partial charge is 0.496 e. The van der Waals surface area contributed by atoms with E-state index in [1.165, 1.54) is 23.5 Å². The summed E-state index contributed by atoms with van der Waals surface area (Å²) in [6.07, 6.45) is 1.39. The van der Waals surface area contributed by atoms with Crippen LogP contribution in [0.5, 0.6) is 5.75 Å². The maximum atomic E-state index is 12.7. The second-order valence-corrected chi connectivity index (χ2v) is 6.99. The van der Waals surface area contributed by atoms with E-state index in [4.69, 9.17) is 9.47 Å². The molecule has 0 aromatic heterocycles. The first-order valence-corrected chi connectivity index (χ1v) is 8.28. The third-order valence-corrected chi connectivity index (χ3v) is 5.71. The van der Waals surface area contributed by atoms with E-state index in [9.17, 15) is 13.5 Å². The summed E-state index contributed by atoms with van der Waals surface area (Å²) in [4.78, 5) is 0.168. The fraction of sp³-hybridized carbons (Fsp3) is 0.571. The maximum absolute atomic E-state index is 12.7. The average Bonchev–Trinajstić information content (AvgIpc) is 2.54. The van der Waals surface area contributed by atoms with Crippen LogP contribution < -0.4 is 4.74 Å². The number of hydrogen-bond donors (Lipinski definition) is 1. The van der Waals surface area contributed by atoms with Crippen molar-refractivity contribution in [1.82, 2.24) is 4.31 Å². The number of sulfonamides is 1. The standard InChI is InChI=1S/C14H21NO5S/c1-15(12-5-7-20-8-6-12)21(17,18)13-3-4-14(19-2)11(9-13)10-16/h3-4,9,12,16H,5-8,10H2,1-2H3. The van der Waals surface area contributed by atoms with E-state index >= 15 is 0 Å². The second-order valence-electron chi connectivity index (χ2n) is 5.00. The molecule has 1 saturated heterocycles. The van der Waals surface area contributed by atoms with E-state index in [2.05, 4.69) is 0 Å². The van der Waals surface area contributed by atoms with E-state index < -0.39 is 10.0 Å². The summed E-state index contributed by atoms with van der Waals surface area (Å²) in [7, 11) is -0.511. The molecule has 1 N–H and O–H groups in total. The fourth-order valence-electron chi connectivity index (χ4n) is 2.45. The highest BCUT2D eigenvalue weighted by atomic mass is 32.2. The van der Waals surface area contributed by atoms with Crippen molar-refractivity contribution < 1.29 is 23.0 Å². The Kier molecular flexibility index (Phi) is 5.21. The maximum Gasteiger partial charge on any atom is 0.243 e. The molecule has 0 aliphatic carbocycles. The second kappa shape index (κ2) is 6.74. The fourth-order valence-corrected chi connectivity index (χ4v) is 3.92. The third kappa shape index (κ3) is 3.37. The Hall–Kier alpha value is -1.15. The summed E-state index contributed by atoms with van der Waals surface area (Å²) >= 11 is 0. The lowest BCUT2D eigenvalue weighted by atomic mass is 10.1. The molecule has 1 aliphatic heterocycles. The number of ether oxygens (including phenoxy) is 2. The molecule has 0 unspecified atom stereocenters. The van der Waals surface area contributed by atoms with Crippen molar-refractivity contribution in [2.24, 2.45) is 0 Å². The number of hydrogen-bond acceptors (Lipinski definition) is 5. The lowest BCUT2D eigenvalue weighted by Crippen LogP contribution is -2.40. The molecule has 1 aromatic carbocycles. The minimum absolute atomic E-state index is 0.0524. The van der Waals surface area contributed by atoms with Gasteiger partial charge in [-0.2, -0.15) is 4.31 Å². The number of aliphatic hydroxyl groups is 1. The Bertz CT molecular complexity index is 581. The molecule has 1 fully saturated rings. The Balaban J connectivity index is 2.30. The molecule has 0 radical (unpaired) electrons. The van der Waals surface area contributed by atoms with Crippen molar-refractivity contribution in [1.29, 1.82) is 0 Å². The zero-order valence-electron chi connectivity index (χ0n) is 12.3. The normalized spacial score (nSPS) is 17.1. The minimum atomic E-state index is -3.59. The van der Waals surface area contributed by atoms with Crippen LogP contribution >= 0.6 is 0 Å². The summed E-state index contributed by atoms with van der Waals surface area (Å²) < 4.78 is 37.1. The SMILES string of the molecule is COc1ccc(S(=O)(=O)N(C)C2CCOCC2)cc1CO. The number of rotatable bonds is 5. The summed E-state index contributed by atoms with van der Waals surface area (Å²) in [6, 6.07) is 4.48. The van der Waals surface area contributed by atoms with Gasteiger partial charge in [0.1, 0.15) is 5.75 Å². The molecule has 6 nitrogen and oxygen atoms in total. The van der Waals surface area contributed by atoms with Crippen molar-refractivity contribution in [3.63, 3.8) is 0 Å². The molecule has 1 aliphatic rings. The first-order chi connectivity index (χ1) is 10.0. The molecule has 1 heterocycles. The molecular weight excluding hydrogens is 294 g/mol. The topological polar surface area (TPSA) is 76.1 Å². The zero-order chi connectivity index (χ0) is 15.5. The Morgan fingerprint density at radius 2 is 2.05 bits per heavy atom. The van der Waals surface area contributed by atoms with Gasteiger partial charge >= 0.3 is 0 Å². The molecule has 7 heteroatoms. The molecule has 0 saturated carbocycles. The van der Waals surface area contributed by atoms with Crippen LogP contribution in [0.4, 0.5) is 0 Å². The molecular formula is C14H21NO5S. The summed E-state index contributed by atoms with van der Waals surface area (Å²) in [6.45, 7) is 0.886. The van der Waals surface area contributed by atoms with Gasteiger partial charge < -0.3 is 14.6 Å². The van der Waals surface area contributed by atoms with Gasteiger partial charge in [0.05, 0.1) is 18.6 Å². The third-order valence-electron chi connectivity index (χ3n) is 3.80. The number of methoxy groups -OCH3 is 1. The van der Waals surface area contributed by atoms with Crippen LogP contribution in [-0.4, -0.2) is 51.2 Å². The Labute approximate surface area is 125 Å². The summed E-state index contributed by atoms with van der Waals surface area (Å²) in [5, 5.41) is 9.32. The summed E-state index contributed by atoms with van der Waals surface area (Å²) in [5.41, 5.74) is 0.457. The quantitative estimate of drug-likeness (QED) is 0.877. The van der Waals surface area contributed by atoms with Crippen molar-refractivity contribution in [3.8, 4) is 5.75 Å². The number of benzene rings is 1. The van der Waals surface area contributed by atoms with Gasteiger partial charge in [-0.25, -0.2) is 8.42 Å². The first kappa shape index (κ1) is 16.2. The minimum Gasteiger partial charge on any atom is -0.496 e. The van der Waals surface area contributed by atoms with Crippen molar-refractivity contribution >= 4 is 10.0 Å². The average molecular weight is 315 g/mol. The van der Waals surface area contributed by atoms with E-state index in [0.29, 0.717) is 37.4 Å². The van der Waals surface area contributed by atoms with Crippen LogP contribution in [0.15, 0.2) is 23.1 Å². The van der Waals surface area contributed by atoms with Gasteiger partial charge in [0, 0.05) is 31.9 Å². The first-order valence-electron chi connectivity index (χ1n) is 6.84. The van der Waals surface area contributed by atoms with Crippen LogP contribution in [0.2, 0.25) is 0 Å². The van der Waals surface area contributed by atoms with E-state index in [0.717, 1.165) is 0 Å². The van der Waals surface area contributed by atoms with Crippen molar-refractivity contribution in [2.75, 3.05) is 27.4 Å². The smallest absolute Gasteiger partial charge is 0.243 e. The molecule has 0 bridgehead atoms. The van der Waals surface area contributed by atoms with Crippen LogP contribution in [0.25, 0.3) is 0 Å². The molecule has 0 amide bonds. The van der Waals surface area contributed by atoms with Crippen LogP contribution in [0.1, 0.15) is 18.4 Å². The number of aliphatic hydroxyl groups excluding tert-OH is 1. The lowest BCUT2D eigenvalue weighted by molar-refractivity contribution is 0.0632. The van der Waals surface area contributed by atoms with E-state index in [1.54, 1.807) is 13.1 Å². The molecule has 21 heavy (non-hydrogen) atoms. The van der Waals surface area contributed by atoms with Gasteiger partial charge in [0.2, 0.25) is 10.0 Å². The molecule has 0 spiro atoms. The highest BCUT2D eigenvalue weighted by molar-refractivity contribution is 7.89.